The van der Waals surface area contributed by atoms with Gasteiger partial charge in [0.25, 0.3) is 12.3 Å². The predicted octanol–water partition coefficient (Wildman–Crippen LogP) is 17.5. The zero-order valence-corrected chi connectivity index (χ0v) is 72.8. The number of aliphatic hydroxyl groups excluding tert-OH is 1. The van der Waals surface area contributed by atoms with Crippen LogP contribution in [0.25, 0.3) is 0 Å². The van der Waals surface area contributed by atoms with Gasteiger partial charge in [0.1, 0.15) is 64.6 Å². The van der Waals surface area contributed by atoms with Gasteiger partial charge in [-0.2, -0.15) is 0 Å². The summed E-state index contributed by atoms with van der Waals surface area (Å²) >= 11 is 5.16. The number of ether oxygens (including phenoxy) is 5. The molecule has 0 bridgehead atoms. The molecule has 12 atom stereocenters. The van der Waals surface area contributed by atoms with Crippen molar-refractivity contribution < 1.29 is 102 Å². The van der Waals surface area contributed by atoms with E-state index >= 15 is 0 Å². The van der Waals surface area contributed by atoms with E-state index in [9.17, 15) is 78.4 Å². The van der Waals surface area contributed by atoms with Crippen molar-refractivity contribution >= 4 is 77.0 Å². The van der Waals surface area contributed by atoms with Crippen molar-refractivity contribution in [1.82, 2.24) is 31.3 Å². The molecule has 6 aromatic carbocycles. The van der Waals surface area contributed by atoms with E-state index in [0.29, 0.717) is 18.1 Å². The average molecular weight is 1680 g/mol. The van der Waals surface area contributed by atoms with Crippen LogP contribution in [0, 0.1) is 58.7 Å². The summed E-state index contributed by atoms with van der Waals surface area (Å²) in [6.45, 7) is 40.6. The highest BCUT2D eigenvalue weighted by Gasteiger charge is 2.47. The van der Waals surface area contributed by atoms with E-state index in [2.05, 4.69) is 31.3 Å². The molecule has 0 aromatic heterocycles. The minimum atomic E-state index is -3.03. The maximum atomic E-state index is 14.4. The topological polar surface area (TPSA) is 292 Å². The van der Waals surface area contributed by atoms with Crippen molar-refractivity contribution in [2.24, 2.45) is 29.6 Å². The Morgan fingerprint density at radius 3 is 0.983 bits per heavy atom. The Hall–Kier alpha value is -9.65. The summed E-state index contributed by atoms with van der Waals surface area (Å²) in [7, 11) is -1.48. The smallest absolute Gasteiger partial charge is 0.408 e. The lowest BCUT2D eigenvalue weighted by molar-refractivity contribution is -0.151. The number of halogens is 7. The predicted molar refractivity (Wildman–Crippen MR) is 441 cm³/mol. The lowest BCUT2D eigenvalue weighted by Gasteiger charge is -2.40. The van der Waals surface area contributed by atoms with E-state index in [-0.39, 0.29) is 46.1 Å². The lowest BCUT2D eigenvalue weighted by atomic mass is 9.77. The van der Waals surface area contributed by atoms with Crippen LogP contribution in [-0.2, 0) is 81.5 Å². The van der Waals surface area contributed by atoms with Crippen molar-refractivity contribution in [3.63, 3.8) is 0 Å². The van der Waals surface area contributed by atoms with Gasteiger partial charge in [0.2, 0.25) is 0 Å². The van der Waals surface area contributed by atoms with Gasteiger partial charge in [-0.05, 0) is 200 Å². The third-order valence-corrected chi connectivity index (χ3v) is 20.8. The molecule has 0 heterocycles. The SMILES string of the molecule is CC(C(O)C(F)F)[C@](C)(NC(=S)NC(=O)c1ccccc1)c1ccccc1F.CCOC(=O)[C@@H](C)[C@](C)(NC(=O)OC(C)(C)C)c1ccccc1F.CCOC(=O)[C@@H](C)[C@](C)(N[S@](=O)C(C)(C)C)c1ccccc1F.C[C@@H](C=O)[C@](C)(NC(=O)OC(C)(C)C)c1ccccc1F.C[C@H](C=O)[C@](C)(NC(=O)OC(C)(C)C)c1ccccc1F. The lowest BCUT2D eigenvalue weighted by Crippen LogP contribution is -2.56. The van der Waals surface area contributed by atoms with Crippen molar-refractivity contribution in [1.29, 1.82) is 0 Å². The maximum absolute atomic E-state index is 14.4. The Kier molecular flexibility index (Phi) is 39.6. The molecule has 0 fully saturated rings. The molecule has 6 rings (SSSR count). The van der Waals surface area contributed by atoms with Gasteiger partial charge >= 0.3 is 30.2 Å². The fourth-order valence-corrected chi connectivity index (χ4v) is 12.5. The molecule has 2 unspecified atom stereocenters. The van der Waals surface area contributed by atoms with E-state index in [1.165, 1.54) is 62.4 Å². The van der Waals surface area contributed by atoms with Crippen LogP contribution in [0.4, 0.5) is 45.1 Å². The molecule has 0 aliphatic rings. The van der Waals surface area contributed by atoms with Gasteiger partial charge in [0, 0.05) is 51.1 Å². The van der Waals surface area contributed by atoms with Crippen LogP contribution in [0.1, 0.15) is 204 Å². The summed E-state index contributed by atoms with van der Waals surface area (Å²) in [5.74, 6) is -8.01. The van der Waals surface area contributed by atoms with Crippen LogP contribution in [0.2, 0.25) is 0 Å². The van der Waals surface area contributed by atoms with E-state index in [1.807, 2.05) is 20.8 Å². The summed E-state index contributed by atoms with van der Waals surface area (Å²) in [5.41, 5.74) is -7.07. The summed E-state index contributed by atoms with van der Waals surface area (Å²) in [6.07, 6.45) is -5.82. The second kappa shape index (κ2) is 44.8. The average Bonchev–Trinajstić information content (AvgIpc) is 0.803. The molecular weight excluding hydrogens is 1570 g/mol. The van der Waals surface area contributed by atoms with Crippen molar-refractivity contribution in [3.05, 3.63) is 214 Å². The van der Waals surface area contributed by atoms with Crippen molar-refractivity contribution in [2.75, 3.05) is 13.2 Å². The third kappa shape index (κ3) is 31.0. The van der Waals surface area contributed by atoms with Crippen LogP contribution >= 0.6 is 12.2 Å². The van der Waals surface area contributed by atoms with Gasteiger partial charge < -0.3 is 59.6 Å². The Labute approximate surface area is 691 Å². The highest BCUT2D eigenvalue weighted by atomic mass is 32.2. The zero-order chi connectivity index (χ0) is 89.8. The van der Waals surface area contributed by atoms with Crippen LogP contribution < -0.4 is 31.3 Å². The number of aldehydes is 2. The fourth-order valence-electron chi connectivity index (χ4n) is 11.2. The van der Waals surface area contributed by atoms with Gasteiger partial charge in [0.05, 0.1) is 68.5 Å². The molecule has 4 amide bonds. The molecule has 0 aliphatic carbocycles. The molecule has 6 aromatic rings. The quantitative estimate of drug-likeness (QED) is 0.00921. The summed E-state index contributed by atoms with van der Waals surface area (Å²) in [4.78, 5) is 95.3. The number of thiocarbonyl (C=S) groups is 1. The van der Waals surface area contributed by atoms with Gasteiger partial charge in [-0.1, -0.05) is 130 Å². The van der Waals surface area contributed by atoms with Crippen LogP contribution in [0.5, 0.6) is 0 Å². The Morgan fingerprint density at radius 2 is 0.701 bits per heavy atom. The number of rotatable bonds is 25. The first kappa shape index (κ1) is 103. The molecule has 7 N–H and O–H groups in total. The minimum Gasteiger partial charge on any atom is -0.466 e. The molecular formula is C87H117F7N6O15S2. The van der Waals surface area contributed by atoms with Gasteiger partial charge in [0.15, 0.2) is 5.11 Å². The molecule has 21 nitrogen and oxygen atoms in total. The summed E-state index contributed by atoms with van der Waals surface area (Å²) in [6, 6.07) is 38.2. The molecule has 0 aliphatic heterocycles. The highest BCUT2D eigenvalue weighted by Crippen LogP contribution is 2.39. The van der Waals surface area contributed by atoms with Gasteiger partial charge in [-0.25, -0.2) is 54.0 Å². The molecule has 0 saturated heterocycles. The number of alkyl carbamates (subject to hydrolysis) is 3. The number of carbonyl (C=O) groups is 8. The monoisotopic (exact) mass is 1680 g/mol. The van der Waals surface area contributed by atoms with Crippen LogP contribution in [0.15, 0.2) is 152 Å². The second-order valence-electron chi connectivity index (χ2n) is 32.5. The number of hydrogen-bond acceptors (Lipinski definition) is 16. The number of esters is 2. The van der Waals surface area contributed by atoms with Crippen LogP contribution in [0.3, 0.4) is 0 Å². The first-order chi connectivity index (χ1) is 53.9. The maximum Gasteiger partial charge on any atom is 0.408 e. The number of benzene rings is 6. The minimum absolute atomic E-state index is 0.0403. The number of alkyl halides is 2. The van der Waals surface area contributed by atoms with Crippen molar-refractivity contribution in [2.45, 2.75) is 228 Å². The molecule has 0 spiro atoms. The van der Waals surface area contributed by atoms with Crippen molar-refractivity contribution in [3.8, 4) is 0 Å². The first-order valence-electron chi connectivity index (χ1n) is 37.8. The zero-order valence-electron chi connectivity index (χ0n) is 71.2. The molecule has 0 radical (unpaired) electrons. The van der Waals surface area contributed by atoms with Crippen LogP contribution in [-0.4, -0.2) is 110 Å². The summed E-state index contributed by atoms with van der Waals surface area (Å²) in [5, 5.41) is 22.8. The van der Waals surface area contributed by atoms with Gasteiger partial charge in [-0.15, -0.1) is 0 Å². The largest absolute Gasteiger partial charge is 0.466 e. The molecule has 646 valence electrons. The number of amides is 4. The van der Waals surface area contributed by atoms with E-state index in [0.717, 1.165) is 0 Å². The Morgan fingerprint density at radius 1 is 0.427 bits per heavy atom. The molecule has 0 saturated carbocycles. The molecule has 30 heteroatoms. The number of nitrogens with one attached hydrogen (secondary N) is 6. The van der Waals surface area contributed by atoms with E-state index < -0.39 is 168 Å². The Bertz CT molecular complexity index is 4220. The number of hydrogen-bond donors (Lipinski definition) is 7. The fraction of sp³-hybridized carbons (Fsp3) is 0.483. The van der Waals surface area contributed by atoms with Gasteiger partial charge in [-0.3, -0.25) is 19.7 Å². The number of aliphatic hydroxyl groups is 1. The number of carbonyl (C=O) groups excluding carboxylic acids is 8. The molecule has 117 heavy (non-hydrogen) atoms. The standard InChI is InChI=1S/C20H21F3N2O2S.C18H26FNO4.C17H26FNO3S.2C16H22FNO3/c1-12(16(26)17(22)23)20(2,14-10-6-7-11-15(14)21)25-19(28)24-18(27)13-8-4-3-5-9-13;1-7-23-15(21)12(2)18(6,13-10-8-9-11-14(13)19)20-16(22)24-17(3,4)5;1-7-22-15(20)12(2)17(6,19-23(21)16(3,4)5)13-10-8-9-11-14(13)18;2*1-11(10-19)16(5,12-8-6-7-9-13(12)17)18-14(20)21-15(2,3)4/h3-12,16-17,26H,1-2H3,(H2,24,25,27,28);8-12H,7H2,1-6H3,(H,20,22);8-12,19H,7H2,1-6H3;2*6-11H,1-5H3,(H,18,20)/t12?,16?,20-;12-,18+;12-,17+,23-;11-,16+;11-,16-/m01110/s1. The third-order valence-electron chi connectivity index (χ3n) is 18.9. The summed E-state index contributed by atoms with van der Waals surface area (Å²) < 4.78 is 138. The van der Waals surface area contributed by atoms with E-state index in [4.69, 9.17) is 35.9 Å². The normalized spacial score (nSPS) is 15.8. The van der Waals surface area contributed by atoms with E-state index in [1.54, 1.807) is 235 Å². The first-order valence-corrected chi connectivity index (χ1v) is 39.3. The second-order valence-corrected chi connectivity index (χ2v) is 34.8. The Balaban J connectivity index is 0.000000498. The highest BCUT2D eigenvalue weighted by molar-refractivity contribution is 7.84.